The number of rotatable bonds is 5. The van der Waals surface area contributed by atoms with E-state index in [0.717, 1.165) is 23.4 Å². The molecule has 0 unspecified atom stereocenters. The highest BCUT2D eigenvalue weighted by molar-refractivity contribution is 5.82. The largest absolute Gasteiger partial charge is 0.494 e. The number of hydrogen-bond acceptors (Lipinski definition) is 3. The molecule has 3 aromatic rings. The van der Waals surface area contributed by atoms with E-state index in [1.807, 2.05) is 37.4 Å². The first-order valence-corrected chi connectivity index (χ1v) is 10.7. The van der Waals surface area contributed by atoms with E-state index in [-0.39, 0.29) is 0 Å². The number of nitrogens with zero attached hydrogens (tertiary/aromatic N) is 1. The number of para-hydroxylation sites is 1. The van der Waals surface area contributed by atoms with Crippen LogP contribution in [0.5, 0.6) is 5.75 Å². The predicted octanol–water partition coefficient (Wildman–Crippen LogP) is 6.66. The summed E-state index contributed by atoms with van der Waals surface area (Å²) in [4.78, 5) is 4.64. The molecule has 0 amide bonds. The van der Waals surface area contributed by atoms with Crippen molar-refractivity contribution in [3.8, 4) is 5.75 Å². The van der Waals surface area contributed by atoms with E-state index in [9.17, 15) is 0 Å². The lowest BCUT2D eigenvalue weighted by Gasteiger charge is -2.37. The number of nitrogens with one attached hydrogen (secondary N) is 1. The molecule has 0 bridgehead atoms. The van der Waals surface area contributed by atoms with Gasteiger partial charge in [-0.3, -0.25) is 4.99 Å². The molecule has 0 fully saturated rings. The molecule has 0 saturated heterocycles. The summed E-state index contributed by atoms with van der Waals surface area (Å²) in [6.45, 7) is 2.67. The third kappa shape index (κ3) is 3.63. The van der Waals surface area contributed by atoms with Crippen LogP contribution in [-0.2, 0) is 0 Å². The van der Waals surface area contributed by atoms with Crippen molar-refractivity contribution >= 4 is 17.6 Å². The first-order chi connectivity index (χ1) is 14.8. The van der Waals surface area contributed by atoms with E-state index in [2.05, 4.69) is 71.0 Å². The second-order valence-corrected chi connectivity index (χ2v) is 7.91. The summed E-state index contributed by atoms with van der Waals surface area (Å²) in [5.74, 6) is 1.96. The number of aliphatic imine (C=N–C) groups is 1. The Morgan fingerprint density at radius 1 is 1.00 bits per heavy atom. The van der Waals surface area contributed by atoms with Gasteiger partial charge in [-0.05, 0) is 78.4 Å². The molecule has 2 aliphatic rings. The van der Waals surface area contributed by atoms with Crippen molar-refractivity contribution in [2.45, 2.75) is 25.3 Å². The molecule has 1 N–H and O–H groups in total. The third-order valence-electron chi connectivity index (χ3n) is 6.08. The van der Waals surface area contributed by atoms with Crippen LogP contribution in [0.15, 0.2) is 89.9 Å². The first-order valence-electron chi connectivity index (χ1n) is 10.7. The SMILES string of the molecule is CCOc1ccc(C=Nc2ccc([C@@H]3Nc4ccccc4[C@H]4C=CC[C@H]43)cc2)cc1. The highest BCUT2D eigenvalue weighted by Crippen LogP contribution is 2.49. The van der Waals surface area contributed by atoms with Crippen molar-refractivity contribution in [1.82, 2.24) is 0 Å². The maximum absolute atomic E-state index is 5.49. The minimum Gasteiger partial charge on any atom is -0.494 e. The predicted molar refractivity (Wildman–Crippen MR) is 124 cm³/mol. The number of benzene rings is 3. The molecule has 150 valence electrons. The molecule has 1 aliphatic heterocycles. The summed E-state index contributed by atoms with van der Waals surface area (Å²) < 4.78 is 5.49. The third-order valence-corrected chi connectivity index (χ3v) is 6.08. The fraction of sp³-hybridized carbons (Fsp3) is 0.222. The molecular formula is C27H26N2O. The molecule has 3 atom stereocenters. The summed E-state index contributed by atoms with van der Waals surface area (Å²) in [6, 6.07) is 25.7. The monoisotopic (exact) mass is 394 g/mol. The summed E-state index contributed by atoms with van der Waals surface area (Å²) in [5.41, 5.74) is 6.03. The molecule has 3 nitrogen and oxygen atoms in total. The van der Waals surface area contributed by atoms with Crippen molar-refractivity contribution in [1.29, 1.82) is 0 Å². The van der Waals surface area contributed by atoms with Crippen LogP contribution < -0.4 is 10.1 Å². The molecular weight excluding hydrogens is 368 g/mol. The van der Waals surface area contributed by atoms with Gasteiger partial charge in [-0.1, -0.05) is 42.5 Å². The standard InChI is InChI=1S/C27H26N2O/c1-2-30-22-16-10-19(11-17-22)18-28-21-14-12-20(13-15-21)27-25-8-5-7-23(25)24-6-3-4-9-26(24)29-27/h3-7,9-18,23,25,27,29H,2,8H2,1H3/t23-,25-,27+/m1/s1. The van der Waals surface area contributed by atoms with Crippen molar-refractivity contribution in [3.63, 3.8) is 0 Å². The normalized spacial score (nSPS) is 21.8. The van der Waals surface area contributed by atoms with Crippen LogP contribution in [0.2, 0.25) is 0 Å². The Morgan fingerprint density at radius 3 is 2.60 bits per heavy atom. The van der Waals surface area contributed by atoms with E-state index < -0.39 is 0 Å². The van der Waals surface area contributed by atoms with Gasteiger partial charge in [0.2, 0.25) is 0 Å². The van der Waals surface area contributed by atoms with Crippen LogP contribution in [0.1, 0.15) is 42.0 Å². The molecule has 0 saturated carbocycles. The quantitative estimate of drug-likeness (QED) is 0.388. The van der Waals surface area contributed by atoms with Gasteiger partial charge in [-0.2, -0.15) is 0 Å². The van der Waals surface area contributed by atoms with E-state index >= 15 is 0 Å². The molecule has 0 aromatic heterocycles. The van der Waals surface area contributed by atoms with Crippen LogP contribution in [0.3, 0.4) is 0 Å². The molecule has 1 heterocycles. The number of anilines is 1. The van der Waals surface area contributed by atoms with Gasteiger partial charge in [0.25, 0.3) is 0 Å². The Morgan fingerprint density at radius 2 is 1.80 bits per heavy atom. The Balaban J connectivity index is 1.33. The van der Waals surface area contributed by atoms with E-state index in [0.29, 0.717) is 24.5 Å². The lowest BCUT2D eigenvalue weighted by molar-refractivity contribution is 0.340. The van der Waals surface area contributed by atoms with Crippen LogP contribution in [0, 0.1) is 5.92 Å². The number of ether oxygens (including phenoxy) is 1. The zero-order valence-corrected chi connectivity index (χ0v) is 17.2. The minimum atomic E-state index is 0.323. The second-order valence-electron chi connectivity index (χ2n) is 7.91. The van der Waals surface area contributed by atoms with Crippen molar-refractivity contribution in [2.24, 2.45) is 10.9 Å². The molecule has 3 heteroatoms. The smallest absolute Gasteiger partial charge is 0.119 e. The van der Waals surface area contributed by atoms with Crippen LogP contribution >= 0.6 is 0 Å². The lowest BCUT2D eigenvalue weighted by Crippen LogP contribution is -2.28. The van der Waals surface area contributed by atoms with Gasteiger partial charge in [-0.15, -0.1) is 0 Å². The Kier molecular flexibility index (Phi) is 5.10. The second kappa shape index (κ2) is 8.19. The molecule has 0 spiro atoms. The van der Waals surface area contributed by atoms with Gasteiger partial charge in [0.1, 0.15) is 5.75 Å². The molecule has 1 aliphatic carbocycles. The zero-order chi connectivity index (χ0) is 20.3. The number of hydrogen-bond donors (Lipinski definition) is 1. The molecule has 0 radical (unpaired) electrons. The highest BCUT2D eigenvalue weighted by Gasteiger charge is 2.37. The Hall–Kier alpha value is -3.33. The fourth-order valence-corrected chi connectivity index (χ4v) is 4.61. The van der Waals surface area contributed by atoms with E-state index in [1.54, 1.807) is 0 Å². The topological polar surface area (TPSA) is 33.6 Å². The molecule has 30 heavy (non-hydrogen) atoms. The van der Waals surface area contributed by atoms with Gasteiger partial charge in [0.15, 0.2) is 0 Å². The van der Waals surface area contributed by atoms with Gasteiger partial charge >= 0.3 is 0 Å². The van der Waals surface area contributed by atoms with Crippen molar-refractivity contribution in [3.05, 3.63) is 102 Å². The fourth-order valence-electron chi connectivity index (χ4n) is 4.61. The zero-order valence-electron chi connectivity index (χ0n) is 17.2. The summed E-state index contributed by atoms with van der Waals surface area (Å²) in [5, 5.41) is 3.79. The van der Waals surface area contributed by atoms with Crippen LogP contribution in [0.4, 0.5) is 11.4 Å². The van der Waals surface area contributed by atoms with Crippen molar-refractivity contribution < 1.29 is 4.74 Å². The summed E-state index contributed by atoms with van der Waals surface area (Å²) in [6.07, 6.45) is 7.74. The average molecular weight is 395 g/mol. The minimum absolute atomic E-state index is 0.323. The van der Waals surface area contributed by atoms with Gasteiger partial charge in [0.05, 0.1) is 18.3 Å². The lowest BCUT2D eigenvalue weighted by atomic mass is 9.77. The van der Waals surface area contributed by atoms with Gasteiger partial charge in [-0.25, -0.2) is 0 Å². The number of allylic oxidation sites excluding steroid dienone is 2. The average Bonchev–Trinajstić information content (AvgIpc) is 3.29. The summed E-state index contributed by atoms with van der Waals surface area (Å²) >= 11 is 0. The molecule has 3 aromatic carbocycles. The van der Waals surface area contributed by atoms with E-state index in [1.165, 1.54) is 16.8 Å². The van der Waals surface area contributed by atoms with Crippen molar-refractivity contribution in [2.75, 3.05) is 11.9 Å². The maximum Gasteiger partial charge on any atom is 0.119 e. The maximum atomic E-state index is 5.49. The van der Waals surface area contributed by atoms with Gasteiger partial charge < -0.3 is 10.1 Å². The summed E-state index contributed by atoms with van der Waals surface area (Å²) in [7, 11) is 0. The van der Waals surface area contributed by atoms with Crippen LogP contribution in [0.25, 0.3) is 0 Å². The number of fused-ring (bicyclic) bond motifs is 3. The van der Waals surface area contributed by atoms with E-state index in [4.69, 9.17) is 4.74 Å². The Bertz CT molecular complexity index is 1070. The highest BCUT2D eigenvalue weighted by atomic mass is 16.5. The Labute approximate surface area is 178 Å². The van der Waals surface area contributed by atoms with Crippen LogP contribution in [-0.4, -0.2) is 12.8 Å². The first kappa shape index (κ1) is 18.7. The van der Waals surface area contributed by atoms with Gasteiger partial charge in [0, 0.05) is 17.8 Å². The molecule has 5 rings (SSSR count).